The van der Waals surface area contributed by atoms with Crippen molar-refractivity contribution in [1.29, 1.82) is 0 Å². The summed E-state index contributed by atoms with van der Waals surface area (Å²) in [7, 11) is 0. The predicted molar refractivity (Wildman–Crippen MR) is 66.6 cm³/mol. The molecule has 0 unspecified atom stereocenters. The monoisotopic (exact) mass is 269 g/mol. The first-order valence-electron chi connectivity index (χ1n) is 5.17. The Morgan fingerprint density at radius 1 is 1.06 bits per heavy atom. The molecule has 5 heteroatoms. The molecule has 2 N–H and O–H groups in total. The van der Waals surface area contributed by atoms with Crippen molar-refractivity contribution >= 4 is 17.3 Å². The van der Waals surface area contributed by atoms with Crippen LogP contribution in [-0.4, -0.2) is 0 Å². The number of anilines is 1. The molecule has 0 saturated carbocycles. The average Bonchev–Trinajstić information content (AvgIpc) is 2.26. The fourth-order valence-electron chi connectivity index (χ4n) is 1.51. The molecule has 0 heterocycles. The summed E-state index contributed by atoms with van der Waals surface area (Å²) in [6.07, 6.45) is 0. The van der Waals surface area contributed by atoms with Crippen molar-refractivity contribution in [3.63, 3.8) is 0 Å². The maximum atomic E-state index is 12.9. The number of hydrogen-bond donors (Lipinski definition) is 1. The third-order valence-electron chi connectivity index (χ3n) is 2.29. The van der Waals surface area contributed by atoms with Gasteiger partial charge in [0.2, 0.25) is 0 Å². The third kappa shape index (κ3) is 3.11. The van der Waals surface area contributed by atoms with Crippen LogP contribution in [0.25, 0.3) is 0 Å². The highest BCUT2D eigenvalue weighted by Crippen LogP contribution is 2.25. The van der Waals surface area contributed by atoms with Gasteiger partial charge in [-0.15, -0.1) is 0 Å². The largest absolute Gasteiger partial charge is 0.487 e. The second-order valence-electron chi connectivity index (χ2n) is 3.75. The topological polar surface area (TPSA) is 35.2 Å². The lowest BCUT2D eigenvalue weighted by molar-refractivity contribution is 0.306. The summed E-state index contributed by atoms with van der Waals surface area (Å²) in [6, 6.07) is 7.99. The maximum Gasteiger partial charge on any atom is 0.142 e. The molecule has 0 aromatic heterocycles. The molecule has 0 spiro atoms. The zero-order chi connectivity index (χ0) is 13.1. The van der Waals surface area contributed by atoms with Crippen molar-refractivity contribution < 1.29 is 13.5 Å². The van der Waals surface area contributed by atoms with Gasteiger partial charge in [0.1, 0.15) is 24.0 Å². The molecule has 0 aliphatic carbocycles. The van der Waals surface area contributed by atoms with Crippen LogP contribution in [0.15, 0.2) is 36.4 Å². The van der Waals surface area contributed by atoms with Gasteiger partial charge < -0.3 is 10.5 Å². The Morgan fingerprint density at radius 2 is 1.72 bits per heavy atom. The Morgan fingerprint density at radius 3 is 2.33 bits per heavy atom. The molecule has 0 bridgehead atoms. The van der Waals surface area contributed by atoms with Gasteiger partial charge in [0.25, 0.3) is 0 Å². The van der Waals surface area contributed by atoms with Crippen molar-refractivity contribution in [2.45, 2.75) is 6.61 Å². The van der Waals surface area contributed by atoms with E-state index in [1.54, 1.807) is 18.2 Å². The summed E-state index contributed by atoms with van der Waals surface area (Å²) >= 11 is 5.74. The summed E-state index contributed by atoms with van der Waals surface area (Å²) < 4.78 is 31.3. The van der Waals surface area contributed by atoms with Gasteiger partial charge in [0.05, 0.1) is 5.69 Å². The molecule has 2 rings (SSSR count). The van der Waals surface area contributed by atoms with Gasteiger partial charge in [0.15, 0.2) is 0 Å². The molecule has 2 nitrogen and oxygen atoms in total. The Labute approximate surface area is 108 Å². The third-order valence-corrected chi connectivity index (χ3v) is 2.52. The van der Waals surface area contributed by atoms with Crippen molar-refractivity contribution in [2.75, 3.05) is 5.73 Å². The molecular weight excluding hydrogens is 260 g/mol. The highest BCUT2D eigenvalue weighted by molar-refractivity contribution is 6.30. The minimum atomic E-state index is -0.641. The Hall–Kier alpha value is -1.81. The van der Waals surface area contributed by atoms with E-state index in [2.05, 4.69) is 0 Å². The molecule has 0 fully saturated rings. The molecule has 0 atom stereocenters. The van der Waals surface area contributed by atoms with Crippen LogP contribution in [0.1, 0.15) is 5.56 Å². The number of halogens is 3. The van der Waals surface area contributed by atoms with Gasteiger partial charge >= 0.3 is 0 Å². The molecule has 0 amide bonds. The van der Waals surface area contributed by atoms with Crippen molar-refractivity contribution in [3.05, 3.63) is 58.6 Å². The summed E-state index contributed by atoms with van der Waals surface area (Å²) in [6.45, 7) is 0.0283. The molecule has 2 aromatic carbocycles. The minimum Gasteiger partial charge on any atom is -0.487 e. The zero-order valence-corrected chi connectivity index (χ0v) is 10.0. The van der Waals surface area contributed by atoms with E-state index in [9.17, 15) is 8.78 Å². The van der Waals surface area contributed by atoms with E-state index in [0.29, 0.717) is 22.0 Å². The SMILES string of the molecule is Nc1cc(Cl)ccc1OCc1cc(F)cc(F)c1. The van der Waals surface area contributed by atoms with Gasteiger partial charge in [-0.3, -0.25) is 0 Å². The zero-order valence-electron chi connectivity index (χ0n) is 9.29. The highest BCUT2D eigenvalue weighted by Gasteiger charge is 2.04. The van der Waals surface area contributed by atoms with E-state index in [1.807, 2.05) is 0 Å². The number of nitrogens with two attached hydrogens (primary N) is 1. The molecular formula is C13H10ClF2NO. The standard InChI is InChI=1S/C13H10ClF2NO/c14-9-1-2-13(12(17)5-9)18-7-8-3-10(15)6-11(16)4-8/h1-6H,7,17H2. The lowest BCUT2D eigenvalue weighted by Crippen LogP contribution is -1.99. The van der Waals surface area contributed by atoms with Crippen LogP contribution in [0.5, 0.6) is 5.75 Å². The molecule has 0 aliphatic rings. The predicted octanol–water partition coefficient (Wildman–Crippen LogP) is 3.78. The summed E-state index contributed by atoms with van der Waals surface area (Å²) in [5.74, 6) is -0.862. The lowest BCUT2D eigenvalue weighted by Gasteiger charge is -2.09. The molecule has 0 aliphatic heterocycles. The van der Waals surface area contributed by atoms with E-state index in [4.69, 9.17) is 22.1 Å². The van der Waals surface area contributed by atoms with Crippen LogP contribution in [0.3, 0.4) is 0 Å². The fourth-order valence-corrected chi connectivity index (χ4v) is 1.69. The summed E-state index contributed by atoms with van der Waals surface area (Å²) in [5.41, 5.74) is 6.45. The van der Waals surface area contributed by atoms with Crippen LogP contribution in [-0.2, 0) is 6.61 Å². The van der Waals surface area contributed by atoms with E-state index in [1.165, 1.54) is 12.1 Å². The maximum absolute atomic E-state index is 12.9. The number of benzene rings is 2. The van der Waals surface area contributed by atoms with Gasteiger partial charge in [-0.25, -0.2) is 8.78 Å². The van der Waals surface area contributed by atoms with Crippen LogP contribution in [0.2, 0.25) is 5.02 Å². The Balaban J connectivity index is 2.11. The van der Waals surface area contributed by atoms with Gasteiger partial charge in [0, 0.05) is 11.1 Å². The number of nitrogen functional groups attached to an aromatic ring is 1. The first-order chi connectivity index (χ1) is 8.54. The summed E-state index contributed by atoms with van der Waals surface area (Å²) in [5, 5.41) is 0.497. The first-order valence-corrected chi connectivity index (χ1v) is 5.55. The quantitative estimate of drug-likeness (QED) is 0.861. The van der Waals surface area contributed by atoms with Crippen molar-refractivity contribution in [2.24, 2.45) is 0 Å². The second kappa shape index (κ2) is 5.23. The molecule has 2 aromatic rings. The second-order valence-corrected chi connectivity index (χ2v) is 4.18. The van der Waals surface area contributed by atoms with Gasteiger partial charge in [-0.2, -0.15) is 0 Å². The summed E-state index contributed by atoms with van der Waals surface area (Å²) in [4.78, 5) is 0. The van der Waals surface area contributed by atoms with Crippen molar-refractivity contribution in [3.8, 4) is 5.75 Å². The van der Waals surface area contributed by atoms with E-state index in [-0.39, 0.29) is 6.61 Å². The van der Waals surface area contributed by atoms with Crippen LogP contribution < -0.4 is 10.5 Å². The highest BCUT2D eigenvalue weighted by atomic mass is 35.5. The normalized spacial score (nSPS) is 10.4. The minimum absolute atomic E-state index is 0.0283. The molecule has 0 radical (unpaired) electrons. The van der Waals surface area contributed by atoms with Crippen LogP contribution in [0.4, 0.5) is 14.5 Å². The number of rotatable bonds is 3. The fraction of sp³-hybridized carbons (Fsp3) is 0.0769. The van der Waals surface area contributed by atoms with E-state index in [0.717, 1.165) is 6.07 Å². The Kier molecular flexibility index (Phi) is 3.67. The van der Waals surface area contributed by atoms with Crippen molar-refractivity contribution in [1.82, 2.24) is 0 Å². The average molecular weight is 270 g/mol. The van der Waals surface area contributed by atoms with Crippen LogP contribution >= 0.6 is 11.6 Å². The smallest absolute Gasteiger partial charge is 0.142 e. The Bertz CT molecular complexity index is 555. The van der Waals surface area contributed by atoms with E-state index >= 15 is 0 Å². The molecule has 94 valence electrons. The lowest BCUT2D eigenvalue weighted by atomic mass is 10.2. The molecule has 0 saturated heterocycles. The van der Waals surface area contributed by atoms with Crippen LogP contribution in [0, 0.1) is 11.6 Å². The first kappa shape index (κ1) is 12.6. The van der Waals surface area contributed by atoms with E-state index < -0.39 is 11.6 Å². The number of ether oxygens (including phenoxy) is 1. The molecule has 18 heavy (non-hydrogen) atoms. The van der Waals surface area contributed by atoms with Gasteiger partial charge in [-0.1, -0.05) is 11.6 Å². The number of hydrogen-bond acceptors (Lipinski definition) is 2. The van der Waals surface area contributed by atoms with Gasteiger partial charge in [-0.05, 0) is 35.9 Å².